The van der Waals surface area contributed by atoms with Gasteiger partial charge in [0.15, 0.2) is 75.8 Å². The molecule has 0 radical (unpaired) electrons. The molecule has 13 N–H and O–H groups in total. The van der Waals surface area contributed by atoms with Gasteiger partial charge in [-0.2, -0.15) is 0 Å². The number of hydrogen-bond donors (Lipinski definition) is 13. The lowest BCUT2D eigenvalue weighted by Crippen LogP contribution is -2.63. The van der Waals surface area contributed by atoms with E-state index in [0.29, 0.717) is 30.3 Å². The standard InChI is InChI=1S/C42H32O27/c43-14-1-9(2-15(44)26(14)51)37(58)69-42-36-35-33(66-40(61)13(6-21(49)50)24-25-12(39(60)68-36)5-18(47)29(54)34(25)67-41(62)32(24)57)20(65-42)8-64-38(59)11-4-17(46)28(53)31(56)23(11)22-10(19(48)7-63-35)3-16(45)27(52)30(22)55/h1-5,13,20,24,32-33,35-36,42-47,51-57H,6-8H2,(H,49,50). The van der Waals surface area contributed by atoms with E-state index in [9.17, 15) is 99.9 Å². The van der Waals surface area contributed by atoms with Crippen LogP contribution in [-0.4, -0.2) is 158 Å². The molecule has 362 valence electrons. The van der Waals surface area contributed by atoms with E-state index in [0.717, 1.165) is 0 Å². The highest BCUT2D eigenvalue weighted by atomic mass is 16.7. The second-order valence-electron chi connectivity index (χ2n) is 15.5. The van der Waals surface area contributed by atoms with Crippen molar-refractivity contribution < 1.29 is 133 Å². The molecule has 4 bridgehead atoms. The van der Waals surface area contributed by atoms with Crippen LogP contribution >= 0.6 is 0 Å². The number of aliphatic hydroxyl groups excluding tert-OH is 1. The lowest BCUT2D eigenvalue weighted by atomic mass is 9.76. The fourth-order valence-electron chi connectivity index (χ4n) is 8.21. The van der Waals surface area contributed by atoms with Crippen LogP contribution in [-0.2, 0) is 42.8 Å². The first kappa shape index (κ1) is 46.6. The summed E-state index contributed by atoms with van der Waals surface area (Å²) >= 11 is 0. The van der Waals surface area contributed by atoms with E-state index >= 15 is 0 Å². The van der Waals surface area contributed by atoms with Crippen LogP contribution in [0, 0.1) is 5.92 Å². The van der Waals surface area contributed by atoms with E-state index in [4.69, 9.17) is 33.2 Å². The number of fused-ring (bicyclic) bond motifs is 3. The molecule has 27 nitrogen and oxygen atoms in total. The van der Waals surface area contributed by atoms with Crippen molar-refractivity contribution in [3.63, 3.8) is 0 Å². The third kappa shape index (κ3) is 7.79. The van der Waals surface area contributed by atoms with Crippen LogP contribution in [0.1, 0.15) is 59.3 Å². The summed E-state index contributed by atoms with van der Waals surface area (Å²) in [5.74, 6) is -30.8. The zero-order valence-electron chi connectivity index (χ0n) is 34.2. The Morgan fingerprint density at radius 1 is 0.623 bits per heavy atom. The van der Waals surface area contributed by atoms with E-state index < -0.39 is 218 Å². The number of phenols is 11. The zero-order chi connectivity index (χ0) is 50.2. The minimum absolute atomic E-state index is 0.457. The molecule has 0 amide bonds. The van der Waals surface area contributed by atoms with E-state index in [1.165, 1.54) is 0 Å². The molecule has 4 heterocycles. The number of ketones is 1. The third-order valence-corrected chi connectivity index (χ3v) is 11.4. The molecular weight excluding hydrogens is 936 g/mol. The van der Waals surface area contributed by atoms with Crippen molar-refractivity contribution in [2.45, 2.75) is 49.1 Å². The number of carboxylic acid groups (broad SMARTS) is 1. The van der Waals surface area contributed by atoms with Crippen LogP contribution in [0.3, 0.4) is 0 Å². The number of aliphatic carboxylic acids is 1. The number of aliphatic hydroxyl groups is 1. The number of carboxylic acids is 1. The Bertz CT molecular complexity index is 2920. The first-order valence-corrected chi connectivity index (χ1v) is 19.6. The van der Waals surface area contributed by atoms with Crippen LogP contribution in [0.2, 0.25) is 0 Å². The minimum atomic E-state index is -2.55. The average molecular weight is 969 g/mol. The van der Waals surface area contributed by atoms with Crippen molar-refractivity contribution in [2.24, 2.45) is 5.92 Å². The fourth-order valence-corrected chi connectivity index (χ4v) is 8.21. The summed E-state index contributed by atoms with van der Waals surface area (Å²) in [7, 11) is 0. The molecule has 8 unspecified atom stereocenters. The van der Waals surface area contributed by atoms with E-state index in [1.54, 1.807) is 0 Å². The minimum Gasteiger partial charge on any atom is -0.504 e. The van der Waals surface area contributed by atoms with Gasteiger partial charge < -0.3 is 99.5 Å². The topological polar surface area (TPSA) is 447 Å². The zero-order valence-corrected chi connectivity index (χ0v) is 34.2. The molecule has 0 saturated carbocycles. The Kier molecular flexibility index (Phi) is 11.5. The normalized spacial score (nSPS) is 24.4. The maximum Gasteiger partial charge on any atom is 0.341 e. The van der Waals surface area contributed by atoms with E-state index in [-0.39, 0.29) is 0 Å². The summed E-state index contributed by atoms with van der Waals surface area (Å²) in [5.41, 5.74) is -6.54. The van der Waals surface area contributed by atoms with Crippen molar-refractivity contribution in [1.82, 2.24) is 0 Å². The summed E-state index contributed by atoms with van der Waals surface area (Å²) in [5, 5.41) is 137. The van der Waals surface area contributed by atoms with Gasteiger partial charge in [0.1, 0.15) is 25.4 Å². The van der Waals surface area contributed by atoms with E-state index in [2.05, 4.69) is 0 Å². The maximum absolute atomic E-state index is 14.6. The van der Waals surface area contributed by atoms with Gasteiger partial charge >= 0.3 is 35.8 Å². The van der Waals surface area contributed by atoms with Crippen molar-refractivity contribution in [3.8, 4) is 80.1 Å². The van der Waals surface area contributed by atoms with Crippen LogP contribution < -0.4 is 4.74 Å². The summed E-state index contributed by atoms with van der Waals surface area (Å²) in [6, 6.07) is 2.58. The highest BCUT2D eigenvalue weighted by Gasteiger charge is 2.57. The van der Waals surface area contributed by atoms with Gasteiger partial charge in [-0.15, -0.1) is 0 Å². The second-order valence-corrected chi connectivity index (χ2v) is 15.5. The Balaban J connectivity index is 1.36. The summed E-state index contributed by atoms with van der Waals surface area (Å²) in [4.78, 5) is 96.7. The average Bonchev–Trinajstić information content (AvgIpc) is 3.29. The molecular formula is C42H32O27. The van der Waals surface area contributed by atoms with Crippen molar-refractivity contribution in [2.75, 3.05) is 13.2 Å². The number of cyclic esters (lactones) is 1. The van der Waals surface area contributed by atoms with Gasteiger partial charge in [-0.05, 0) is 30.3 Å². The van der Waals surface area contributed by atoms with E-state index in [1.807, 2.05) is 0 Å². The number of benzene rings is 4. The lowest BCUT2D eigenvalue weighted by molar-refractivity contribution is -0.294. The number of aromatic hydroxyl groups is 11. The quantitative estimate of drug-likeness (QED) is 0.0556. The number of rotatable bonds is 4. The van der Waals surface area contributed by atoms with Crippen LogP contribution in [0.4, 0.5) is 0 Å². The SMILES string of the molecule is O=C(O)CC1C(=O)OC2C3COC(=O)c4cc(O)c(O)c(O)c4-c4c(cc(O)c(O)c4O)C(=O)COC2C(OC(=O)c2cc(O)c(O)c4c2C1C(O)C(=O)O4)C(OC(=O)c1cc(O)c(O)c(O)c1)O3. The highest BCUT2D eigenvalue weighted by Crippen LogP contribution is 2.54. The summed E-state index contributed by atoms with van der Waals surface area (Å²) in [6.07, 6.45) is -15.6. The first-order chi connectivity index (χ1) is 32.5. The van der Waals surface area contributed by atoms with Gasteiger partial charge in [0.2, 0.25) is 23.5 Å². The second kappa shape index (κ2) is 17.0. The number of ether oxygens (including phenoxy) is 7. The number of esters is 5. The predicted octanol–water partition coefficient (Wildman–Crippen LogP) is 0.0408. The Morgan fingerprint density at radius 2 is 1.19 bits per heavy atom. The number of hydrogen-bond acceptors (Lipinski definition) is 26. The fraction of sp³-hybridized carbons (Fsp3) is 0.262. The molecule has 0 spiro atoms. The largest absolute Gasteiger partial charge is 0.504 e. The van der Waals surface area contributed by atoms with Crippen LogP contribution in [0.5, 0.6) is 69.0 Å². The molecule has 4 aliphatic rings. The Hall–Kier alpha value is -8.95. The van der Waals surface area contributed by atoms with Crippen molar-refractivity contribution in [1.29, 1.82) is 0 Å². The van der Waals surface area contributed by atoms with Gasteiger partial charge in [0.25, 0.3) is 0 Å². The van der Waals surface area contributed by atoms with Gasteiger partial charge in [-0.25, -0.2) is 19.2 Å². The number of phenolic OH excluding ortho intramolecular Hbond substituents is 11. The highest BCUT2D eigenvalue weighted by molar-refractivity contribution is 6.10. The lowest BCUT2D eigenvalue weighted by Gasteiger charge is -2.44. The molecule has 0 aromatic heterocycles. The van der Waals surface area contributed by atoms with Crippen molar-refractivity contribution >= 4 is 41.6 Å². The van der Waals surface area contributed by atoms with Crippen LogP contribution in [0.15, 0.2) is 30.3 Å². The summed E-state index contributed by atoms with van der Waals surface area (Å²) < 4.78 is 39.3. The molecule has 4 aromatic carbocycles. The molecule has 27 heteroatoms. The molecule has 4 aliphatic heterocycles. The van der Waals surface area contributed by atoms with Gasteiger partial charge in [0, 0.05) is 28.2 Å². The smallest absolute Gasteiger partial charge is 0.341 e. The van der Waals surface area contributed by atoms with Gasteiger partial charge in [-0.3, -0.25) is 14.4 Å². The van der Waals surface area contributed by atoms with Crippen LogP contribution in [0.25, 0.3) is 11.1 Å². The van der Waals surface area contributed by atoms with Gasteiger partial charge in [0.05, 0.1) is 29.0 Å². The molecule has 0 aliphatic carbocycles. The van der Waals surface area contributed by atoms with Gasteiger partial charge in [-0.1, -0.05) is 0 Å². The third-order valence-electron chi connectivity index (χ3n) is 11.4. The molecule has 69 heavy (non-hydrogen) atoms. The molecule has 8 atom stereocenters. The Morgan fingerprint density at radius 3 is 1.81 bits per heavy atom. The van der Waals surface area contributed by atoms with Crippen molar-refractivity contribution in [3.05, 3.63) is 58.1 Å². The number of Topliss-reactive ketones (excluding diaryl/α,β-unsaturated/α-hetero) is 1. The molecule has 1 fully saturated rings. The predicted molar refractivity (Wildman–Crippen MR) is 211 cm³/mol. The first-order valence-electron chi connectivity index (χ1n) is 19.6. The molecule has 1 saturated heterocycles. The number of carbonyl (C=O) groups excluding carboxylic acids is 6. The maximum atomic E-state index is 14.6. The monoisotopic (exact) mass is 968 g/mol. The number of carbonyl (C=O) groups is 7. The Labute approximate surface area is 380 Å². The molecule has 4 aromatic rings. The molecule has 8 rings (SSSR count). The summed E-state index contributed by atoms with van der Waals surface area (Å²) in [6.45, 7) is -2.71.